The van der Waals surface area contributed by atoms with E-state index < -0.39 is 0 Å². The summed E-state index contributed by atoms with van der Waals surface area (Å²) in [6.45, 7) is 4.05. The normalized spacial score (nSPS) is 37.0. The first-order chi connectivity index (χ1) is 6.32. The van der Waals surface area contributed by atoms with Gasteiger partial charge in [0.15, 0.2) is 0 Å². The van der Waals surface area contributed by atoms with E-state index in [1.54, 1.807) is 0 Å². The van der Waals surface area contributed by atoms with E-state index in [0.717, 1.165) is 25.9 Å². The molecule has 74 valence electrons. The molecule has 0 aromatic rings. The van der Waals surface area contributed by atoms with E-state index in [2.05, 4.69) is 6.92 Å². The summed E-state index contributed by atoms with van der Waals surface area (Å²) in [7, 11) is 0. The average molecular weight is 182 g/mol. The molecule has 0 aromatic heterocycles. The number of rotatable bonds is 3. The molecule has 0 spiro atoms. The average Bonchev–Trinajstić information content (AvgIpc) is 2.98. The summed E-state index contributed by atoms with van der Waals surface area (Å²) in [4.78, 5) is 10.6. The SMILES string of the molecule is CCC1([C@@H]2C[C@@H]2C=O)CCOCC1. The Morgan fingerprint density at radius 2 is 2.15 bits per heavy atom. The largest absolute Gasteiger partial charge is 0.381 e. The predicted molar refractivity (Wildman–Crippen MR) is 50.4 cm³/mol. The quantitative estimate of drug-likeness (QED) is 0.624. The third-order valence-corrected chi connectivity index (χ3v) is 3.99. The standard InChI is InChI=1S/C11H18O2/c1-2-11(3-5-13-6-4-11)10-7-9(10)8-12/h8-10H,2-7H2,1H3/t9-,10-/m1/s1. The van der Waals surface area contributed by atoms with Crippen LogP contribution < -0.4 is 0 Å². The number of aldehydes is 1. The highest BCUT2D eigenvalue weighted by molar-refractivity contribution is 5.58. The lowest BCUT2D eigenvalue weighted by atomic mass is 9.73. The Labute approximate surface area is 79.7 Å². The smallest absolute Gasteiger partial charge is 0.123 e. The number of hydrogen-bond acceptors (Lipinski definition) is 2. The first-order valence-corrected chi connectivity index (χ1v) is 5.35. The van der Waals surface area contributed by atoms with Crippen molar-refractivity contribution in [1.82, 2.24) is 0 Å². The molecule has 1 heterocycles. The first kappa shape index (κ1) is 9.20. The van der Waals surface area contributed by atoms with Crippen LogP contribution >= 0.6 is 0 Å². The highest BCUT2D eigenvalue weighted by Gasteiger charge is 2.51. The molecule has 2 nitrogen and oxygen atoms in total. The molecule has 0 amide bonds. The van der Waals surface area contributed by atoms with E-state index in [9.17, 15) is 4.79 Å². The Balaban J connectivity index is 2.02. The van der Waals surface area contributed by atoms with Gasteiger partial charge >= 0.3 is 0 Å². The molecule has 2 heteroatoms. The van der Waals surface area contributed by atoms with Gasteiger partial charge in [-0.05, 0) is 30.6 Å². The fourth-order valence-electron chi connectivity index (χ4n) is 2.83. The minimum Gasteiger partial charge on any atom is -0.381 e. The van der Waals surface area contributed by atoms with Gasteiger partial charge in [-0.1, -0.05) is 13.3 Å². The summed E-state index contributed by atoms with van der Waals surface area (Å²) in [6, 6.07) is 0. The number of carbonyl (C=O) groups is 1. The predicted octanol–water partition coefficient (Wildman–Crippen LogP) is 2.03. The lowest BCUT2D eigenvalue weighted by Crippen LogP contribution is -2.31. The zero-order valence-corrected chi connectivity index (χ0v) is 8.29. The molecular formula is C11H18O2. The molecule has 2 fully saturated rings. The van der Waals surface area contributed by atoms with Crippen molar-refractivity contribution < 1.29 is 9.53 Å². The maximum absolute atomic E-state index is 10.6. The molecule has 13 heavy (non-hydrogen) atoms. The fourth-order valence-corrected chi connectivity index (χ4v) is 2.83. The van der Waals surface area contributed by atoms with Gasteiger partial charge in [0.2, 0.25) is 0 Å². The van der Waals surface area contributed by atoms with Gasteiger partial charge in [-0.25, -0.2) is 0 Å². The van der Waals surface area contributed by atoms with Crippen molar-refractivity contribution in [3.05, 3.63) is 0 Å². The Kier molecular flexibility index (Phi) is 2.41. The summed E-state index contributed by atoms with van der Waals surface area (Å²) in [6.07, 6.45) is 5.83. The molecule has 1 saturated heterocycles. The van der Waals surface area contributed by atoms with Crippen molar-refractivity contribution in [2.45, 2.75) is 32.6 Å². The van der Waals surface area contributed by atoms with Crippen LogP contribution in [0.2, 0.25) is 0 Å². The molecule has 0 bridgehead atoms. The number of hydrogen-bond donors (Lipinski definition) is 0. The van der Waals surface area contributed by atoms with Gasteiger partial charge in [0.25, 0.3) is 0 Å². The van der Waals surface area contributed by atoms with Crippen LogP contribution in [-0.2, 0) is 9.53 Å². The second-order valence-electron chi connectivity index (χ2n) is 4.47. The van der Waals surface area contributed by atoms with Crippen LogP contribution in [0.25, 0.3) is 0 Å². The van der Waals surface area contributed by atoms with Gasteiger partial charge in [0.05, 0.1) is 0 Å². The second kappa shape index (κ2) is 3.41. The minimum absolute atomic E-state index is 0.373. The molecule has 1 aliphatic heterocycles. The summed E-state index contributed by atoms with van der Waals surface area (Å²) >= 11 is 0. The third-order valence-electron chi connectivity index (χ3n) is 3.99. The molecular weight excluding hydrogens is 164 g/mol. The van der Waals surface area contributed by atoms with E-state index >= 15 is 0 Å². The van der Waals surface area contributed by atoms with Crippen molar-refractivity contribution in [3.63, 3.8) is 0 Å². The Morgan fingerprint density at radius 1 is 1.46 bits per heavy atom. The lowest BCUT2D eigenvalue weighted by molar-refractivity contribution is -0.109. The van der Waals surface area contributed by atoms with Crippen LogP contribution in [0, 0.1) is 17.3 Å². The molecule has 0 radical (unpaired) electrons. The molecule has 0 aromatic carbocycles. The minimum atomic E-state index is 0.373. The van der Waals surface area contributed by atoms with Crippen LogP contribution in [0.4, 0.5) is 0 Å². The van der Waals surface area contributed by atoms with Crippen molar-refractivity contribution in [2.24, 2.45) is 17.3 Å². The van der Waals surface area contributed by atoms with E-state index in [1.165, 1.54) is 19.3 Å². The van der Waals surface area contributed by atoms with Crippen molar-refractivity contribution in [3.8, 4) is 0 Å². The van der Waals surface area contributed by atoms with E-state index in [4.69, 9.17) is 4.74 Å². The van der Waals surface area contributed by atoms with Crippen molar-refractivity contribution in [1.29, 1.82) is 0 Å². The summed E-state index contributed by atoms with van der Waals surface area (Å²) in [5.74, 6) is 1.05. The molecule has 0 unspecified atom stereocenters. The molecule has 2 rings (SSSR count). The zero-order chi connectivity index (χ0) is 9.31. The van der Waals surface area contributed by atoms with Gasteiger partial charge in [-0.2, -0.15) is 0 Å². The molecule has 1 aliphatic carbocycles. The highest BCUT2D eigenvalue weighted by Crippen LogP contribution is 2.56. The lowest BCUT2D eigenvalue weighted by Gasteiger charge is -2.37. The van der Waals surface area contributed by atoms with Gasteiger partial charge in [-0.15, -0.1) is 0 Å². The van der Waals surface area contributed by atoms with Gasteiger partial charge in [-0.3, -0.25) is 0 Å². The zero-order valence-electron chi connectivity index (χ0n) is 8.29. The first-order valence-electron chi connectivity index (χ1n) is 5.35. The Morgan fingerprint density at radius 3 is 2.62 bits per heavy atom. The second-order valence-corrected chi connectivity index (χ2v) is 4.47. The maximum atomic E-state index is 10.6. The van der Waals surface area contributed by atoms with Gasteiger partial charge in [0, 0.05) is 19.1 Å². The Hall–Kier alpha value is -0.370. The van der Waals surface area contributed by atoms with E-state index in [0.29, 0.717) is 17.3 Å². The third kappa shape index (κ3) is 1.52. The van der Waals surface area contributed by atoms with Crippen LogP contribution in [0.3, 0.4) is 0 Å². The molecule has 0 N–H and O–H groups in total. The van der Waals surface area contributed by atoms with Crippen LogP contribution in [0.15, 0.2) is 0 Å². The van der Waals surface area contributed by atoms with Gasteiger partial charge in [0.1, 0.15) is 6.29 Å². The van der Waals surface area contributed by atoms with E-state index in [-0.39, 0.29) is 0 Å². The fraction of sp³-hybridized carbons (Fsp3) is 0.909. The molecule has 2 atom stereocenters. The highest BCUT2D eigenvalue weighted by atomic mass is 16.5. The topological polar surface area (TPSA) is 26.3 Å². The summed E-state index contributed by atoms with van der Waals surface area (Å²) in [5.41, 5.74) is 0.448. The summed E-state index contributed by atoms with van der Waals surface area (Å²) in [5, 5.41) is 0. The van der Waals surface area contributed by atoms with Crippen molar-refractivity contribution in [2.75, 3.05) is 13.2 Å². The number of ether oxygens (including phenoxy) is 1. The van der Waals surface area contributed by atoms with Gasteiger partial charge < -0.3 is 9.53 Å². The van der Waals surface area contributed by atoms with Crippen LogP contribution in [0.5, 0.6) is 0 Å². The van der Waals surface area contributed by atoms with Crippen LogP contribution in [-0.4, -0.2) is 19.5 Å². The summed E-state index contributed by atoms with van der Waals surface area (Å²) < 4.78 is 5.39. The maximum Gasteiger partial charge on any atom is 0.123 e. The molecule has 1 saturated carbocycles. The van der Waals surface area contributed by atoms with Crippen LogP contribution in [0.1, 0.15) is 32.6 Å². The number of carbonyl (C=O) groups excluding carboxylic acids is 1. The Bertz CT molecular complexity index is 194. The molecule has 2 aliphatic rings. The van der Waals surface area contributed by atoms with E-state index in [1.807, 2.05) is 0 Å². The van der Waals surface area contributed by atoms with Crippen molar-refractivity contribution >= 4 is 6.29 Å². The monoisotopic (exact) mass is 182 g/mol.